The van der Waals surface area contributed by atoms with Gasteiger partial charge in [-0.2, -0.15) is 0 Å². The van der Waals surface area contributed by atoms with Crippen molar-refractivity contribution >= 4 is 5.91 Å². The number of aromatic nitrogens is 1. The number of aromatic hydroxyl groups is 1. The van der Waals surface area contributed by atoms with Gasteiger partial charge in [0.2, 0.25) is 0 Å². The monoisotopic (exact) mass is 224 g/mol. The number of hydrogen-bond donors (Lipinski definition) is 3. The summed E-state index contributed by atoms with van der Waals surface area (Å²) < 4.78 is 0. The third kappa shape index (κ3) is 3.76. The zero-order chi connectivity index (χ0) is 12.1. The van der Waals surface area contributed by atoms with Gasteiger partial charge in [-0.1, -0.05) is 13.8 Å². The highest BCUT2D eigenvalue weighted by Crippen LogP contribution is 2.04. The van der Waals surface area contributed by atoms with Crippen LogP contribution in [0.4, 0.5) is 0 Å². The molecule has 0 fully saturated rings. The summed E-state index contributed by atoms with van der Waals surface area (Å²) in [5.41, 5.74) is -0.320. The molecule has 0 aliphatic rings. The molecule has 0 radical (unpaired) electrons. The number of carbonyl (C=O) groups is 1. The summed E-state index contributed by atoms with van der Waals surface area (Å²) in [5, 5.41) is 11.8. The summed E-state index contributed by atoms with van der Waals surface area (Å²) in [4.78, 5) is 24.7. The Morgan fingerprint density at radius 1 is 1.50 bits per heavy atom. The van der Waals surface area contributed by atoms with Crippen molar-refractivity contribution in [3.8, 4) is 5.88 Å². The first kappa shape index (κ1) is 12.3. The summed E-state index contributed by atoms with van der Waals surface area (Å²) >= 11 is 0. The van der Waals surface area contributed by atoms with Gasteiger partial charge in [-0.25, -0.2) is 0 Å². The number of hydrogen-bond acceptors (Lipinski definition) is 3. The molecule has 0 saturated carbocycles. The number of carbonyl (C=O) groups excluding carboxylic acids is 1. The van der Waals surface area contributed by atoms with E-state index in [9.17, 15) is 9.59 Å². The van der Waals surface area contributed by atoms with E-state index in [0.717, 1.165) is 12.5 Å². The summed E-state index contributed by atoms with van der Waals surface area (Å²) in [5.74, 6) is -0.142. The number of aromatic amines is 1. The average molecular weight is 224 g/mol. The lowest BCUT2D eigenvalue weighted by Gasteiger charge is -2.06. The van der Waals surface area contributed by atoms with Crippen molar-refractivity contribution in [3.05, 3.63) is 28.0 Å². The maximum Gasteiger partial charge on any atom is 0.251 e. The van der Waals surface area contributed by atoms with Crippen LogP contribution in [0.3, 0.4) is 0 Å². The number of rotatable bonds is 4. The molecule has 5 heteroatoms. The Bertz CT molecular complexity index is 423. The Morgan fingerprint density at radius 2 is 2.19 bits per heavy atom. The molecule has 1 aromatic rings. The van der Waals surface area contributed by atoms with Crippen molar-refractivity contribution in [2.24, 2.45) is 5.92 Å². The van der Waals surface area contributed by atoms with Gasteiger partial charge in [0.15, 0.2) is 5.88 Å². The maximum absolute atomic E-state index is 11.6. The molecule has 88 valence electrons. The lowest BCUT2D eigenvalue weighted by Crippen LogP contribution is -2.26. The molecule has 1 aromatic heterocycles. The highest BCUT2D eigenvalue weighted by atomic mass is 16.3. The second-order valence-electron chi connectivity index (χ2n) is 4.06. The third-order valence-corrected chi connectivity index (χ3v) is 2.10. The second-order valence-corrected chi connectivity index (χ2v) is 4.06. The van der Waals surface area contributed by atoms with Crippen molar-refractivity contribution in [2.45, 2.75) is 20.3 Å². The van der Waals surface area contributed by atoms with Gasteiger partial charge in [-0.15, -0.1) is 0 Å². The van der Waals surface area contributed by atoms with E-state index in [1.165, 1.54) is 6.07 Å². The van der Waals surface area contributed by atoms with E-state index >= 15 is 0 Å². The van der Waals surface area contributed by atoms with E-state index < -0.39 is 5.56 Å². The highest BCUT2D eigenvalue weighted by molar-refractivity contribution is 5.94. The first-order chi connectivity index (χ1) is 7.49. The molecule has 0 aromatic carbocycles. The van der Waals surface area contributed by atoms with E-state index in [2.05, 4.69) is 24.1 Å². The van der Waals surface area contributed by atoms with Crippen LogP contribution in [-0.4, -0.2) is 22.5 Å². The molecule has 0 spiro atoms. The zero-order valence-electron chi connectivity index (χ0n) is 9.41. The minimum atomic E-state index is -0.492. The molecule has 3 N–H and O–H groups in total. The van der Waals surface area contributed by atoms with Gasteiger partial charge in [0.1, 0.15) is 0 Å². The van der Waals surface area contributed by atoms with Crippen LogP contribution in [0.2, 0.25) is 0 Å². The fraction of sp³-hybridized carbons (Fsp3) is 0.455. The zero-order valence-corrected chi connectivity index (χ0v) is 9.41. The highest BCUT2D eigenvalue weighted by Gasteiger charge is 2.07. The molecule has 0 atom stereocenters. The average Bonchev–Trinajstić information content (AvgIpc) is 2.15. The Hall–Kier alpha value is -1.78. The minimum absolute atomic E-state index is 0.171. The predicted molar refractivity (Wildman–Crippen MR) is 60.5 cm³/mol. The third-order valence-electron chi connectivity index (χ3n) is 2.10. The Labute approximate surface area is 93.5 Å². The normalized spacial score (nSPS) is 10.4. The van der Waals surface area contributed by atoms with Gasteiger partial charge in [0, 0.05) is 18.7 Å². The molecule has 1 amide bonds. The minimum Gasteiger partial charge on any atom is -0.494 e. The molecule has 0 unspecified atom stereocenters. The summed E-state index contributed by atoms with van der Waals surface area (Å²) in [6, 6.07) is 2.39. The summed E-state index contributed by atoms with van der Waals surface area (Å²) in [7, 11) is 0. The molecule has 0 saturated heterocycles. The van der Waals surface area contributed by atoms with Crippen molar-refractivity contribution in [2.75, 3.05) is 6.54 Å². The van der Waals surface area contributed by atoms with E-state index in [1.54, 1.807) is 0 Å². The lowest BCUT2D eigenvalue weighted by molar-refractivity contribution is 0.0951. The standard InChI is InChI=1S/C11H16N2O3/c1-7(2)3-4-12-11(16)8-5-9(14)13-10(15)6-8/h5-7H,3-4H2,1-2H3,(H,12,16)(H2,13,14,15). The molecule has 0 aliphatic carbocycles. The smallest absolute Gasteiger partial charge is 0.251 e. The Balaban J connectivity index is 2.63. The van der Waals surface area contributed by atoms with E-state index in [4.69, 9.17) is 5.11 Å². The van der Waals surface area contributed by atoms with E-state index in [0.29, 0.717) is 12.5 Å². The first-order valence-corrected chi connectivity index (χ1v) is 5.20. The first-order valence-electron chi connectivity index (χ1n) is 5.20. The van der Waals surface area contributed by atoms with Gasteiger partial charge >= 0.3 is 0 Å². The van der Waals surface area contributed by atoms with Crippen LogP contribution < -0.4 is 10.9 Å². The SMILES string of the molecule is CC(C)CCNC(=O)c1cc(O)[nH]c(=O)c1. The number of nitrogens with one attached hydrogen (secondary N) is 2. The van der Waals surface area contributed by atoms with Crippen LogP contribution >= 0.6 is 0 Å². The number of H-pyrrole nitrogens is 1. The van der Waals surface area contributed by atoms with Gasteiger partial charge in [-0.05, 0) is 12.3 Å². The molecule has 0 aliphatic heterocycles. The Kier molecular flexibility index (Phi) is 4.10. The molecule has 0 bridgehead atoms. The summed E-state index contributed by atoms with van der Waals surface area (Å²) in [6.07, 6.45) is 0.876. The van der Waals surface area contributed by atoms with Crippen LogP contribution in [0.25, 0.3) is 0 Å². The van der Waals surface area contributed by atoms with Gasteiger partial charge < -0.3 is 10.4 Å². The maximum atomic E-state index is 11.6. The fourth-order valence-corrected chi connectivity index (χ4v) is 1.24. The van der Waals surface area contributed by atoms with E-state index in [1.807, 2.05) is 0 Å². The van der Waals surface area contributed by atoms with Crippen molar-refractivity contribution in [1.82, 2.24) is 10.3 Å². The Morgan fingerprint density at radius 3 is 2.75 bits per heavy atom. The van der Waals surface area contributed by atoms with Crippen molar-refractivity contribution in [1.29, 1.82) is 0 Å². The quantitative estimate of drug-likeness (QED) is 0.709. The lowest BCUT2D eigenvalue weighted by atomic mass is 10.1. The topological polar surface area (TPSA) is 82.2 Å². The molecule has 5 nitrogen and oxygen atoms in total. The van der Waals surface area contributed by atoms with Crippen molar-refractivity contribution < 1.29 is 9.90 Å². The fourth-order valence-electron chi connectivity index (χ4n) is 1.24. The van der Waals surface area contributed by atoms with Gasteiger partial charge in [0.05, 0.1) is 5.56 Å². The van der Waals surface area contributed by atoms with Crippen LogP contribution in [0, 0.1) is 5.92 Å². The van der Waals surface area contributed by atoms with Crippen LogP contribution in [0.1, 0.15) is 30.6 Å². The number of pyridine rings is 1. The number of amides is 1. The van der Waals surface area contributed by atoms with Gasteiger partial charge in [-0.3, -0.25) is 14.6 Å². The largest absolute Gasteiger partial charge is 0.494 e. The molecular weight excluding hydrogens is 208 g/mol. The summed E-state index contributed by atoms with van der Waals surface area (Å²) in [6.45, 7) is 4.68. The molecule has 1 heterocycles. The molecule has 16 heavy (non-hydrogen) atoms. The van der Waals surface area contributed by atoms with Crippen LogP contribution in [-0.2, 0) is 0 Å². The molecular formula is C11H16N2O3. The van der Waals surface area contributed by atoms with Crippen LogP contribution in [0.15, 0.2) is 16.9 Å². The van der Waals surface area contributed by atoms with E-state index in [-0.39, 0.29) is 17.4 Å². The second kappa shape index (κ2) is 5.34. The van der Waals surface area contributed by atoms with Gasteiger partial charge in [0.25, 0.3) is 11.5 Å². The van der Waals surface area contributed by atoms with Crippen molar-refractivity contribution in [3.63, 3.8) is 0 Å². The molecule has 1 rings (SSSR count). The van der Waals surface area contributed by atoms with Crippen LogP contribution in [0.5, 0.6) is 5.88 Å². The predicted octanol–water partition coefficient (Wildman–Crippen LogP) is 0.856.